The maximum atomic E-state index is 13.6. The van der Waals surface area contributed by atoms with Crippen LogP contribution < -0.4 is 0 Å². The van der Waals surface area contributed by atoms with Gasteiger partial charge < -0.3 is 9.88 Å². The lowest BCUT2D eigenvalue weighted by Crippen LogP contribution is -2.33. The minimum Gasteiger partial charge on any atom is -0.358 e. The Kier molecular flexibility index (Phi) is 2.61. The topological polar surface area (TPSA) is 19.0 Å². The van der Waals surface area contributed by atoms with Gasteiger partial charge in [-0.1, -0.05) is 11.6 Å². The first-order chi connectivity index (χ1) is 9.22. The number of hydrogen-bond donors (Lipinski definition) is 1. The molecule has 4 heteroatoms. The highest BCUT2D eigenvalue weighted by molar-refractivity contribution is 6.31. The van der Waals surface area contributed by atoms with E-state index >= 15 is 0 Å². The highest BCUT2D eigenvalue weighted by Crippen LogP contribution is 2.37. The van der Waals surface area contributed by atoms with Crippen LogP contribution in [0.15, 0.2) is 12.1 Å². The molecular formula is C15H16ClFN2. The number of fused-ring (bicyclic) bond motifs is 6. The Morgan fingerprint density at radius 3 is 3.11 bits per heavy atom. The fourth-order valence-electron chi connectivity index (χ4n) is 3.65. The molecule has 0 aliphatic carbocycles. The zero-order valence-electron chi connectivity index (χ0n) is 10.7. The largest absolute Gasteiger partial charge is 0.358 e. The number of aromatic amines is 1. The van der Waals surface area contributed by atoms with Crippen molar-refractivity contribution in [3.63, 3.8) is 0 Å². The molecule has 2 atom stereocenters. The fourth-order valence-corrected chi connectivity index (χ4v) is 3.81. The highest BCUT2D eigenvalue weighted by Gasteiger charge is 2.29. The Bertz CT molecular complexity index is 649. The van der Waals surface area contributed by atoms with Gasteiger partial charge in [-0.3, -0.25) is 0 Å². The van der Waals surface area contributed by atoms with Crippen LogP contribution in [0.1, 0.15) is 30.0 Å². The van der Waals surface area contributed by atoms with E-state index < -0.39 is 0 Å². The Morgan fingerprint density at radius 1 is 1.32 bits per heavy atom. The SMILES string of the molecule is Fc1cc2[nH]c3c(c2cc1Cl)CCN1CCCC3C1. The van der Waals surface area contributed by atoms with Crippen LogP contribution in [0, 0.1) is 5.82 Å². The molecule has 4 rings (SSSR count). The molecule has 2 aliphatic heterocycles. The van der Waals surface area contributed by atoms with E-state index in [9.17, 15) is 4.39 Å². The van der Waals surface area contributed by atoms with E-state index in [0.29, 0.717) is 5.92 Å². The lowest BCUT2D eigenvalue weighted by Gasteiger charge is -2.29. The highest BCUT2D eigenvalue weighted by atomic mass is 35.5. The summed E-state index contributed by atoms with van der Waals surface area (Å²) in [7, 11) is 0. The predicted octanol–water partition coefficient (Wildman–Crippen LogP) is 3.70. The monoisotopic (exact) mass is 278 g/mol. The maximum Gasteiger partial charge on any atom is 0.143 e. The summed E-state index contributed by atoms with van der Waals surface area (Å²) in [5.74, 6) is 0.233. The van der Waals surface area contributed by atoms with Crippen LogP contribution in [0.2, 0.25) is 5.02 Å². The lowest BCUT2D eigenvalue weighted by molar-refractivity contribution is 0.217. The number of H-pyrrole nitrogens is 1. The minimum atomic E-state index is -0.337. The van der Waals surface area contributed by atoms with Gasteiger partial charge in [0.1, 0.15) is 5.82 Å². The number of benzene rings is 1. The van der Waals surface area contributed by atoms with Crippen LogP contribution in [0.4, 0.5) is 4.39 Å². The number of halogens is 2. The van der Waals surface area contributed by atoms with Crippen molar-refractivity contribution in [3.8, 4) is 0 Å². The van der Waals surface area contributed by atoms with Crippen LogP contribution >= 0.6 is 11.6 Å². The number of hydrogen-bond acceptors (Lipinski definition) is 1. The van der Waals surface area contributed by atoms with Gasteiger partial charge in [-0.25, -0.2) is 4.39 Å². The Hall–Kier alpha value is -1.06. The van der Waals surface area contributed by atoms with Crippen molar-refractivity contribution in [2.75, 3.05) is 19.6 Å². The molecule has 1 saturated heterocycles. The Balaban J connectivity index is 1.92. The summed E-state index contributed by atoms with van der Waals surface area (Å²) in [6.07, 6.45) is 3.52. The summed E-state index contributed by atoms with van der Waals surface area (Å²) in [5, 5.41) is 1.33. The van der Waals surface area contributed by atoms with Gasteiger partial charge in [-0.05, 0) is 43.5 Å². The summed E-state index contributed by atoms with van der Waals surface area (Å²) in [6.45, 7) is 3.45. The van der Waals surface area contributed by atoms with Gasteiger partial charge in [-0.2, -0.15) is 0 Å². The van der Waals surface area contributed by atoms with Gasteiger partial charge in [0.15, 0.2) is 0 Å². The van der Waals surface area contributed by atoms with Crippen LogP contribution in [0.3, 0.4) is 0 Å². The van der Waals surface area contributed by atoms with E-state index in [1.807, 2.05) is 0 Å². The van der Waals surface area contributed by atoms with E-state index in [-0.39, 0.29) is 10.8 Å². The lowest BCUT2D eigenvalue weighted by atomic mass is 9.93. The molecule has 19 heavy (non-hydrogen) atoms. The van der Waals surface area contributed by atoms with Crippen LogP contribution in [-0.2, 0) is 6.42 Å². The summed E-state index contributed by atoms with van der Waals surface area (Å²) >= 11 is 5.94. The van der Waals surface area contributed by atoms with Crippen molar-refractivity contribution < 1.29 is 4.39 Å². The minimum absolute atomic E-state index is 0.224. The van der Waals surface area contributed by atoms with E-state index in [1.54, 1.807) is 6.07 Å². The summed E-state index contributed by atoms with van der Waals surface area (Å²) in [4.78, 5) is 5.99. The van der Waals surface area contributed by atoms with Crippen LogP contribution in [0.5, 0.6) is 0 Å². The molecule has 0 amide bonds. The van der Waals surface area contributed by atoms with Crippen molar-refractivity contribution in [2.24, 2.45) is 0 Å². The normalized spacial score (nSPS) is 26.2. The number of rotatable bonds is 0. The molecule has 1 aromatic carbocycles. The van der Waals surface area contributed by atoms with Gasteiger partial charge in [0.2, 0.25) is 0 Å². The predicted molar refractivity (Wildman–Crippen MR) is 75.4 cm³/mol. The zero-order chi connectivity index (χ0) is 13.0. The third-order valence-corrected chi connectivity index (χ3v) is 4.86. The molecule has 2 nitrogen and oxygen atoms in total. The first-order valence-corrected chi connectivity index (χ1v) is 7.32. The summed E-state index contributed by atoms with van der Waals surface area (Å²) in [5.41, 5.74) is 3.57. The number of piperidine rings is 1. The molecular weight excluding hydrogens is 263 g/mol. The third kappa shape index (κ3) is 1.79. The second-order valence-electron chi connectivity index (χ2n) is 5.72. The van der Waals surface area contributed by atoms with E-state index in [0.717, 1.165) is 30.4 Å². The standard InChI is InChI=1S/C15H16ClFN2/c16-12-6-11-10-3-5-19-4-1-2-9(8-19)15(10)18-14(11)7-13(12)17/h6-7,9,18H,1-5,8H2. The van der Waals surface area contributed by atoms with Gasteiger partial charge in [0, 0.05) is 35.6 Å². The quantitative estimate of drug-likeness (QED) is 0.779. The van der Waals surface area contributed by atoms with Crippen molar-refractivity contribution in [1.82, 2.24) is 9.88 Å². The average Bonchev–Trinajstić information content (AvgIpc) is 2.69. The average molecular weight is 279 g/mol. The van der Waals surface area contributed by atoms with Gasteiger partial charge >= 0.3 is 0 Å². The number of nitrogens with one attached hydrogen (secondary N) is 1. The molecule has 2 bridgehead atoms. The van der Waals surface area contributed by atoms with Gasteiger partial charge in [0.25, 0.3) is 0 Å². The first kappa shape index (κ1) is 11.7. The molecule has 2 aliphatic rings. The third-order valence-electron chi connectivity index (χ3n) is 4.57. The molecule has 1 aromatic heterocycles. The smallest absolute Gasteiger partial charge is 0.143 e. The van der Waals surface area contributed by atoms with Gasteiger partial charge in [-0.15, -0.1) is 0 Å². The molecule has 1 fully saturated rings. The van der Waals surface area contributed by atoms with Crippen LogP contribution in [0.25, 0.3) is 10.9 Å². The van der Waals surface area contributed by atoms with E-state index in [2.05, 4.69) is 9.88 Å². The van der Waals surface area contributed by atoms with Crippen molar-refractivity contribution >= 4 is 22.5 Å². The second-order valence-corrected chi connectivity index (χ2v) is 6.13. The molecule has 0 saturated carbocycles. The first-order valence-electron chi connectivity index (χ1n) is 6.94. The molecule has 0 radical (unpaired) electrons. The number of nitrogens with zero attached hydrogens (tertiary/aromatic N) is 1. The fraction of sp³-hybridized carbons (Fsp3) is 0.467. The maximum absolute atomic E-state index is 13.6. The van der Waals surface area contributed by atoms with E-state index in [1.165, 1.54) is 36.7 Å². The molecule has 2 aromatic rings. The van der Waals surface area contributed by atoms with Gasteiger partial charge in [0.05, 0.1) is 5.02 Å². The van der Waals surface area contributed by atoms with Crippen molar-refractivity contribution in [3.05, 3.63) is 34.2 Å². The second kappa shape index (κ2) is 4.22. The Labute approximate surface area is 116 Å². The Morgan fingerprint density at radius 2 is 2.21 bits per heavy atom. The molecule has 1 N–H and O–H groups in total. The summed E-state index contributed by atoms with van der Waals surface area (Å²) < 4.78 is 13.6. The number of aromatic nitrogens is 1. The zero-order valence-corrected chi connectivity index (χ0v) is 11.4. The molecule has 0 spiro atoms. The van der Waals surface area contributed by atoms with E-state index in [4.69, 9.17) is 11.6 Å². The van der Waals surface area contributed by atoms with Crippen LogP contribution in [-0.4, -0.2) is 29.5 Å². The van der Waals surface area contributed by atoms with Crippen molar-refractivity contribution in [2.45, 2.75) is 25.2 Å². The molecule has 3 heterocycles. The summed E-state index contributed by atoms with van der Waals surface area (Å²) in [6, 6.07) is 3.32. The molecule has 100 valence electrons. The molecule has 2 unspecified atom stereocenters. The van der Waals surface area contributed by atoms with Crippen molar-refractivity contribution in [1.29, 1.82) is 0 Å².